The van der Waals surface area contributed by atoms with Crippen molar-refractivity contribution in [1.29, 1.82) is 0 Å². The zero-order valence-electron chi connectivity index (χ0n) is 57.7. The lowest BCUT2D eigenvalue weighted by molar-refractivity contribution is -0.122. The van der Waals surface area contributed by atoms with E-state index in [1.165, 1.54) is 94.0 Å². The van der Waals surface area contributed by atoms with Crippen molar-refractivity contribution in [3.05, 3.63) is 187 Å². The van der Waals surface area contributed by atoms with E-state index in [0.29, 0.717) is 25.1 Å². The molecule has 0 spiro atoms. The van der Waals surface area contributed by atoms with Crippen molar-refractivity contribution in [3.8, 4) is 0 Å². The van der Waals surface area contributed by atoms with Gasteiger partial charge in [0.1, 0.15) is 46.0 Å². The molecule has 0 aliphatic heterocycles. The molecule has 101 heavy (non-hydrogen) atoms. The number of rotatable bonds is 33. The van der Waals surface area contributed by atoms with Gasteiger partial charge in [0.05, 0.1) is 28.9 Å². The Balaban J connectivity index is 0.670. The second-order valence-corrected chi connectivity index (χ2v) is 28.2. The summed E-state index contributed by atoms with van der Waals surface area (Å²) in [6, 6.07) is 37.7. The Morgan fingerprint density at radius 3 is 1.08 bits per heavy atom. The third kappa shape index (κ3) is 19.6. The van der Waals surface area contributed by atoms with Crippen LogP contribution in [0.25, 0.3) is 0 Å². The van der Waals surface area contributed by atoms with Crippen molar-refractivity contribution < 1.29 is 47.9 Å². The molecule has 10 N–H and O–H groups in total. The molecule has 30 heteroatoms. The van der Waals surface area contributed by atoms with E-state index in [0.717, 1.165) is 25.5 Å². The van der Waals surface area contributed by atoms with Crippen LogP contribution in [0.1, 0.15) is 108 Å². The number of hydrogen-bond donors (Lipinski definition) is 10. The van der Waals surface area contributed by atoms with E-state index in [-0.39, 0.29) is 114 Å². The number of hydrogen-bond acceptors (Lipinski definition) is 13. The van der Waals surface area contributed by atoms with Gasteiger partial charge in [0.2, 0.25) is 35.3 Å². The molecule has 0 bridgehead atoms. The molecule has 0 radical (unpaired) electrons. The summed E-state index contributed by atoms with van der Waals surface area (Å²) in [6.45, 7) is 1.54. The lowest BCUT2D eigenvalue weighted by Gasteiger charge is -2.27. The van der Waals surface area contributed by atoms with Crippen molar-refractivity contribution in [2.75, 3.05) is 84.9 Å². The molecule has 0 aliphatic carbocycles. The van der Waals surface area contributed by atoms with E-state index in [1.54, 1.807) is 53.0 Å². The molecule has 0 unspecified atom stereocenters. The Hall–Kier alpha value is -11.7. The van der Waals surface area contributed by atoms with Crippen LogP contribution >= 0.6 is 7.26 Å². The zero-order chi connectivity index (χ0) is 72.3. The average Bonchev–Trinajstić information content (AvgIpc) is 1.48. The Kier molecular flexibility index (Phi) is 24.9. The monoisotopic (exact) mass is 1390 g/mol. The maximum absolute atomic E-state index is 13.6. The molecule has 0 fully saturated rings. The van der Waals surface area contributed by atoms with E-state index in [1.807, 2.05) is 37.2 Å². The number of anilines is 6. The van der Waals surface area contributed by atoms with Crippen molar-refractivity contribution in [1.82, 2.24) is 63.5 Å². The summed E-state index contributed by atoms with van der Waals surface area (Å²) in [5.74, 6) is -4.40. The molecule has 6 aromatic heterocycles. The van der Waals surface area contributed by atoms with Crippen LogP contribution in [0, 0.1) is 0 Å². The van der Waals surface area contributed by atoms with Gasteiger partial charge in [-0.05, 0) is 101 Å². The average molecular weight is 1400 g/mol. The summed E-state index contributed by atoms with van der Waals surface area (Å²) in [4.78, 5) is 142. The summed E-state index contributed by atoms with van der Waals surface area (Å²) in [6.07, 6.45) is 12.5. The van der Waals surface area contributed by atoms with E-state index >= 15 is 0 Å². The number of nitrogens with one attached hydrogen (secondary N) is 10. The van der Waals surface area contributed by atoms with Crippen LogP contribution < -0.4 is 69.1 Å². The minimum atomic E-state index is -2.02. The van der Waals surface area contributed by atoms with Crippen LogP contribution in [-0.4, -0.2) is 154 Å². The topological polar surface area (TPSA) is 350 Å². The molecule has 528 valence electrons. The molecule has 3 aromatic carbocycles. The number of aryl methyl sites for hydroxylation is 6. The minimum Gasteiger partial charge on any atom is -0.356 e. The molecule has 9 aromatic rings. The molecule has 6 heterocycles. The Morgan fingerprint density at radius 1 is 0.356 bits per heavy atom. The second-order valence-electron chi connectivity index (χ2n) is 24.5. The summed E-state index contributed by atoms with van der Waals surface area (Å²) in [5.41, 5.74) is 1.97. The van der Waals surface area contributed by atoms with Gasteiger partial charge in [0.15, 0.2) is 11.6 Å². The highest BCUT2D eigenvalue weighted by Crippen LogP contribution is 2.56. The van der Waals surface area contributed by atoms with Gasteiger partial charge in [0.25, 0.3) is 35.4 Å². The number of carbonyl (C=O) groups excluding carboxylic acids is 10. The lowest BCUT2D eigenvalue weighted by atomic mass is 10.2. The third-order valence-corrected chi connectivity index (χ3v) is 21.0. The lowest BCUT2D eigenvalue weighted by Crippen LogP contribution is -2.33. The molecule has 0 aliphatic rings. The van der Waals surface area contributed by atoms with Crippen molar-refractivity contribution >= 4 is 117 Å². The van der Waals surface area contributed by atoms with E-state index in [4.69, 9.17) is 0 Å². The predicted molar refractivity (Wildman–Crippen MR) is 389 cm³/mol. The summed E-state index contributed by atoms with van der Waals surface area (Å²) >= 11 is 0. The van der Waals surface area contributed by atoms with Gasteiger partial charge < -0.3 is 85.5 Å². The van der Waals surface area contributed by atoms with Crippen LogP contribution in [-0.2, 0) is 61.5 Å². The van der Waals surface area contributed by atoms with Gasteiger partial charge in [0, 0.05) is 131 Å². The Bertz CT molecular complexity index is 4370. The van der Waals surface area contributed by atoms with Gasteiger partial charge in [-0.15, -0.1) is 0 Å². The predicted octanol–water partition coefficient (Wildman–Crippen LogP) is 5.07. The fraction of sp³-hybridized carbons (Fsp3) is 0.296. The SMILES string of the molecule is CN(C)CCCNC(=O)CCNC(=O)c1cc(NC(=O)c2cc(NC(=O)c3nc(NC(=O)CCNC(=O)c4cc(NC(=O)c5cc(NC(=O)c6nc(NC(=O)CCNC(=O)CCCC[P+](c7ccccc7)(c7ccccc7)c7ccccc7)cn6C)cn5C)cn4C)cn3C)cn2C)cn1C. The fourth-order valence-electron chi connectivity index (χ4n) is 11.5. The quantitative estimate of drug-likeness (QED) is 0.0190. The molecule has 9 rings (SSSR count). The number of unbranched alkanes of at least 4 members (excludes halogenated alkanes) is 1. The number of amides is 10. The van der Waals surface area contributed by atoms with Gasteiger partial charge >= 0.3 is 0 Å². The molecule has 29 nitrogen and oxygen atoms in total. The fourth-order valence-corrected chi connectivity index (χ4v) is 15.9. The maximum Gasteiger partial charge on any atom is 0.291 e. The molecule has 0 saturated heterocycles. The number of nitrogens with zero attached hydrogens (tertiary/aromatic N) is 9. The maximum atomic E-state index is 13.6. The zero-order valence-corrected chi connectivity index (χ0v) is 58.6. The van der Waals surface area contributed by atoms with Gasteiger partial charge in [-0.3, -0.25) is 47.9 Å². The summed E-state index contributed by atoms with van der Waals surface area (Å²) in [7, 11) is 11.5. The van der Waals surface area contributed by atoms with Crippen LogP contribution in [0.5, 0.6) is 0 Å². The minimum absolute atomic E-state index is 0.0206. The number of carbonyl (C=O) groups is 10. The highest BCUT2D eigenvalue weighted by Gasteiger charge is 2.44. The van der Waals surface area contributed by atoms with Gasteiger partial charge in [-0.1, -0.05) is 54.6 Å². The summed E-state index contributed by atoms with van der Waals surface area (Å²) < 4.78 is 8.92. The highest BCUT2D eigenvalue weighted by molar-refractivity contribution is 7.95. The van der Waals surface area contributed by atoms with Crippen molar-refractivity contribution in [2.24, 2.45) is 42.3 Å². The molecule has 0 saturated carbocycles. The smallest absolute Gasteiger partial charge is 0.291 e. The Morgan fingerprint density at radius 2 is 0.693 bits per heavy atom. The van der Waals surface area contributed by atoms with Crippen LogP contribution in [0.4, 0.5) is 34.4 Å². The number of imidazole rings is 2. The number of aromatic nitrogens is 8. The van der Waals surface area contributed by atoms with E-state index in [9.17, 15) is 47.9 Å². The standard InChI is InChI=1S/C71H84N19O10P/c1-84(2)35-20-31-72-61(92)28-33-74-66(95)54-37-47(41-85(54)3)76-68(97)56-40-50(44-87(56)5)79-71(100)65-83-59(46-90(65)8)81-63(94)30-34-75-67(96)55-38-48(42-86(55)4)77-69(98)57-39-49(43-88(57)6)78-70(99)64-82-58(45-89(64)7)80-62(93)29-32-73-60(91)27-18-19-36-101(51-21-12-9-13-22-51,52-23-14-10-15-24-52)53-25-16-11-17-26-53/h9-17,21-26,37-46H,18-20,27-36H2,1-8H3,(H9-,72,73,74,75,76,77,78,79,80,81,91,92,93,94,95,96,97,98,99,100)/p+1. The first-order valence-electron chi connectivity index (χ1n) is 32.8. The van der Waals surface area contributed by atoms with Crippen LogP contribution in [0.2, 0.25) is 0 Å². The van der Waals surface area contributed by atoms with Crippen LogP contribution in [0.3, 0.4) is 0 Å². The summed E-state index contributed by atoms with van der Waals surface area (Å²) in [5, 5.41) is 31.3. The number of benzene rings is 3. The van der Waals surface area contributed by atoms with Gasteiger partial charge in [-0.25, -0.2) is 9.97 Å². The third-order valence-electron chi connectivity index (χ3n) is 16.5. The second kappa shape index (κ2) is 34.2. The largest absolute Gasteiger partial charge is 0.356 e. The first kappa shape index (κ1) is 73.5. The van der Waals surface area contributed by atoms with E-state index < -0.39 is 54.5 Å². The normalized spacial score (nSPS) is 11.2. The highest BCUT2D eigenvalue weighted by atomic mass is 31.2. The van der Waals surface area contributed by atoms with Gasteiger partial charge in [-0.2, -0.15) is 0 Å². The molecule has 10 amide bonds. The molecular formula is C71H85N19O10P+. The Labute approximate surface area is 584 Å². The molecule has 0 atom stereocenters. The first-order chi connectivity index (χ1) is 48.4. The molecular weight excluding hydrogens is 1310 g/mol. The first-order valence-corrected chi connectivity index (χ1v) is 34.8. The van der Waals surface area contributed by atoms with Crippen molar-refractivity contribution in [3.63, 3.8) is 0 Å². The van der Waals surface area contributed by atoms with Crippen LogP contribution in [0.15, 0.2) is 152 Å². The van der Waals surface area contributed by atoms with Crippen molar-refractivity contribution in [2.45, 2.75) is 44.9 Å². The van der Waals surface area contributed by atoms with E-state index in [2.05, 4.69) is 136 Å².